The van der Waals surface area contributed by atoms with Gasteiger partial charge in [-0.3, -0.25) is 0 Å². The molecule has 0 aromatic rings. The van der Waals surface area contributed by atoms with Crippen LogP contribution >= 0.6 is 0 Å². The molecule has 3 unspecified atom stereocenters. The van der Waals surface area contributed by atoms with Crippen molar-refractivity contribution in [2.24, 2.45) is 17.8 Å². The third-order valence-electron chi connectivity index (χ3n) is 3.74. The molecule has 78 valence electrons. The molecule has 0 spiro atoms. The highest BCUT2D eigenvalue weighted by molar-refractivity contribution is 4.82. The van der Waals surface area contributed by atoms with Gasteiger partial charge in [-0.15, -0.1) is 0 Å². The van der Waals surface area contributed by atoms with Crippen molar-refractivity contribution in [1.82, 2.24) is 0 Å². The zero-order valence-electron chi connectivity index (χ0n) is 9.68. The highest BCUT2D eigenvalue weighted by atomic mass is 14.4. The van der Waals surface area contributed by atoms with Gasteiger partial charge in [-0.1, -0.05) is 59.3 Å². The molecule has 0 aromatic heterocycles. The Bertz CT molecular complexity index is 128. The molecule has 0 saturated heterocycles. The van der Waals surface area contributed by atoms with E-state index in [1.807, 2.05) is 0 Å². The maximum absolute atomic E-state index is 2.40. The minimum Gasteiger partial charge on any atom is -0.0654 e. The third kappa shape index (κ3) is 4.15. The van der Waals surface area contributed by atoms with Gasteiger partial charge in [0, 0.05) is 0 Å². The topological polar surface area (TPSA) is 0 Å². The van der Waals surface area contributed by atoms with Gasteiger partial charge >= 0.3 is 0 Å². The Labute approximate surface area is 84.1 Å². The van der Waals surface area contributed by atoms with E-state index in [-0.39, 0.29) is 0 Å². The molecule has 0 radical (unpaired) electrons. The first-order valence-electron chi connectivity index (χ1n) is 6.27. The fourth-order valence-electron chi connectivity index (χ4n) is 2.43. The van der Waals surface area contributed by atoms with Gasteiger partial charge in [0.25, 0.3) is 0 Å². The van der Waals surface area contributed by atoms with Crippen molar-refractivity contribution in [3.63, 3.8) is 0 Å². The maximum Gasteiger partial charge on any atom is -0.0386 e. The van der Waals surface area contributed by atoms with E-state index in [0.717, 1.165) is 17.8 Å². The molecule has 0 nitrogen and oxygen atoms in total. The van der Waals surface area contributed by atoms with E-state index < -0.39 is 0 Å². The molecular weight excluding hydrogens is 156 g/mol. The summed E-state index contributed by atoms with van der Waals surface area (Å²) in [6.07, 6.45) is 10.2. The molecule has 3 atom stereocenters. The Morgan fingerprint density at radius 3 is 2.38 bits per heavy atom. The van der Waals surface area contributed by atoms with Crippen LogP contribution in [0.25, 0.3) is 0 Å². The second-order valence-corrected chi connectivity index (χ2v) is 4.97. The van der Waals surface area contributed by atoms with Crippen molar-refractivity contribution >= 4 is 0 Å². The molecule has 1 aliphatic carbocycles. The Hall–Kier alpha value is 0. The summed E-state index contributed by atoms with van der Waals surface area (Å²) in [6, 6.07) is 0. The summed E-state index contributed by atoms with van der Waals surface area (Å²) in [6.45, 7) is 7.06. The summed E-state index contributed by atoms with van der Waals surface area (Å²) in [5, 5.41) is 0. The van der Waals surface area contributed by atoms with Crippen LogP contribution in [0.2, 0.25) is 0 Å². The lowest BCUT2D eigenvalue weighted by molar-refractivity contribution is 0.405. The van der Waals surface area contributed by atoms with Gasteiger partial charge in [0.1, 0.15) is 0 Å². The second kappa shape index (κ2) is 5.67. The van der Waals surface area contributed by atoms with E-state index in [1.165, 1.54) is 44.9 Å². The van der Waals surface area contributed by atoms with E-state index in [2.05, 4.69) is 20.8 Å². The van der Waals surface area contributed by atoms with E-state index in [1.54, 1.807) is 0 Å². The molecule has 1 fully saturated rings. The minimum atomic E-state index is 1.03. The second-order valence-electron chi connectivity index (χ2n) is 4.97. The Kier molecular flexibility index (Phi) is 4.83. The largest absolute Gasteiger partial charge is 0.0654 e. The lowest BCUT2D eigenvalue weighted by Gasteiger charge is -2.12. The summed E-state index contributed by atoms with van der Waals surface area (Å²) in [7, 11) is 0. The Morgan fingerprint density at radius 1 is 1.23 bits per heavy atom. The third-order valence-corrected chi connectivity index (χ3v) is 3.74. The first-order valence-corrected chi connectivity index (χ1v) is 6.27. The van der Waals surface area contributed by atoms with Crippen molar-refractivity contribution in [3.8, 4) is 0 Å². The van der Waals surface area contributed by atoms with E-state index in [0.29, 0.717) is 0 Å². The highest BCUT2D eigenvalue weighted by Gasteiger charge is 2.31. The SMILES string of the molecule is CCCC(CC)CCCC1CC1C. The van der Waals surface area contributed by atoms with E-state index in [9.17, 15) is 0 Å². The minimum absolute atomic E-state index is 1.03. The predicted molar refractivity (Wildman–Crippen MR) is 59.8 cm³/mol. The standard InChI is InChI=1S/C13H26/c1-4-7-12(5-2)8-6-9-13-10-11(13)3/h11-13H,4-10H2,1-3H3. The van der Waals surface area contributed by atoms with Crippen LogP contribution in [-0.2, 0) is 0 Å². The maximum atomic E-state index is 2.40. The van der Waals surface area contributed by atoms with Crippen LogP contribution < -0.4 is 0 Å². The van der Waals surface area contributed by atoms with Crippen LogP contribution in [0.5, 0.6) is 0 Å². The van der Waals surface area contributed by atoms with Crippen LogP contribution in [0, 0.1) is 17.8 Å². The van der Waals surface area contributed by atoms with Crippen molar-refractivity contribution in [2.75, 3.05) is 0 Å². The van der Waals surface area contributed by atoms with Crippen molar-refractivity contribution in [3.05, 3.63) is 0 Å². The highest BCUT2D eigenvalue weighted by Crippen LogP contribution is 2.41. The molecule has 13 heavy (non-hydrogen) atoms. The predicted octanol–water partition coefficient (Wildman–Crippen LogP) is 4.64. The first-order chi connectivity index (χ1) is 6.27. The van der Waals surface area contributed by atoms with Crippen LogP contribution in [0.15, 0.2) is 0 Å². The molecule has 0 amide bonds. The summed E-state index contributed by atoms with van der Waals surface area (Å²) < 4.78 is 0. The van der Waals surface area contributed by atoms with Gasteiger partial charge in [0.2, 0.25) is 0 Å². The number of rotatable bonds is 7. The Morgan fingerprint density at radius 2 is 1.92 bits per heavy atom. The molecule has 1 saturated carbocycles. The van der Waals surface area contributed by atoms with Gasteiger partial charge in [-0.05, 0) is 24.2 Å². The molecular formula is C13H26. The average Bonchev–Trinajstić information content (AvgIpc) is 2.81. The monoisotopic (exact) mass is 182 g/mol. The fourth-order valence-corrected chi connectivity index (χ4v) is 2.43. The van der Waals surface area contributed by atoms with Crippen LogP contribution in [0.4, 0.5) is 0 Å². The molecule has 0 N–H and O–H groups in total. The molecule has 1 rings (SSSR count). The molecule has 0 heterocycles. The van der Waals surface area contributed by atoms with Crippen LogP contribution in [0.1, 0.15) is 65.7 Å². The molecule has 0 aliphatic heterocycles. The lowest BCUT2D eigenvalue weighted by atomic mass is 9.94. The first kappa shape index (κ1) is 11.1. The quantitative estimate of drug-likeness (QED) is 0.538. The molecule has 0 bridgehead atoms. The molecule has 0 aromatic carbocycles. The van der Waals surface area contributed by atoms with Gasteiger partial charge in [0.05, 0.1) is 0 Å². The van der Waals surface area contributed by atoms with Crippen molar-refractivity contribution in [1.29, 1.82) is 0 Å². The van der Waals surface area contributed by atoms with Crippen molar-refractivity contribution < 1.29 is 0 Å². The van der Waals surface area contributed by atoms with Crippen molar-refractivity contribution in [2.45, 2.75) is 65.7 Å². The zero-order valence-corrected chi connectivity index (χ0v) is 9.68. The Balaban J connectivity index is 1.96. The summed E-state index contributed by atoms with van der Waals surface area (Å²) in [4.78, 5) is 0. The smallest absolute Gasteiger partial charge is 0.0386 e. The van der Waals surface area contributed by atoms with Crippen LogP contribution in [-0.4, -0.2) is 0 Å². The van der Waals surface area contributed by atoms with E-state index >= 15 is 0 Å². The van der Waals surface area contributed by atoms with Gasteiger partial charge in [-0.2, -0.15) is 0 Å². The number of hydrogen-bond donors (Lipinski definition) is 0. The fraction of sp³-hybridized carbons (Fsp3) is 1.00. The lowest BCUT2D eigenvalue weighted by Crippen LogP contribution is -1.98. The van der Waals surface area contributed by atoms with Crippen LogP contribution in [0.3, 0.4) is 0 Å². The normalized spacial score (nSPS) is 28.8. The molecule has 1 aliphatic rings. The van der Waals surface area contributed by atoms with Gasteiger partial charge < -0.3 is 0 Å². The van der Waals surface area contributed by atoms with Gasteiger partial charge in [-0.25, -0.2) is 0 Å². The summed E-state index contributed by atoms with van der Waals surface area (Å²) in [5.41, 5.74) is 0. The summed E-state index contributed by atoms with van der Waals surface area (Å²) >= 11 is 0. The average molecular weight is 182 g/mol. The van der Waals surface area contributed by atoms with E-state index in [4.69, 9.17) is 0 Å². The summed E-state index contributed by atoms with van der Waals surface area (Å²) in [5.74, 6) is 3.20. The number of hydrogen-bond acceptors (Lipinski definition) is 0. The zero-order chi connectivity index (χ0) is 9.68. The van der Waals surface area contributed by atoms with Gasteiger partial charge in [0.15, 0.2) is 0 Å². The molecule has 0 heteroatoms.